The van der Waals surface area contributed by atoms with E-state index in [0.29, 0.717) is 0 Å². The van der Waals surface area contributed by atoms with E-state index in [1.54, 1.807) is 0 Å². The zero-order valence-corrected chi connectivity index (χ0v) is 12.8. The van der Waals surface area contributed by atoms with Crippen LogP contribution in [0.5, 0.6) is 0 Å². The van der Waals surface area contributed by atoms with Crippen molar-refractivity contribution in [1.82, 2.24) is 14.7 Å². The first-order valence-electron chi connectivity index (χ1n) is 7.82. The number of piperazine rings is 1. The van der Waals surface area contributed by atoms with E-state index in [4.69, 9.17) is 4.98 Å². The Labute approximate surface area is 130 Å². The number of nitrogens with one attached hydrogen (secondary N) is 1. The summed E-state index contributed by atoms with van der Waals surface area (Å²) >= 11 is 0. The fourth-order valence-corrected chi connectivity index (χ4v) is 3.08. The number of anilines is 1. The lowest BCUT2D eigenvalue weighted by molar-refractivity contribution is 0.589. The Morgan fingerprint density at radius 1 is 1.09 bits per heavy atom. The van der Waals surface area contributed by atoms with Crippen LogP contribution in [0, 0.1) is 6.92 Å². The number of benzene rings is 1. The highest BCUT2D eigenvalue weighted by molar-refractivity contribution is 5.67. The molecule has 1 aliphatic heterocycles. The molecule has 4 rings (SSSR count). The second-order valence-electron chi connectivity index (χ2n) is 5.83. The number of aryl methyl sites for hydroxylation is 1. The maximum absolute atomic E-state index is 4.82. The highest BCUT2D eigenvalue weighted by atomic mass is 15.2. The van der Waals surface area contributed by atoms with Crippen molar-refractivity contribution in [3.8, 4) is 11.3 Å². The van der Waals surface area contributed by atoms with E-state index < -0.39 is 0 Å². The normalized spacial score (nSPS) is 15.4. The minimum atomic E-state index is 1.01. The van der Waals surface area contributed by atoms with Crippen molar-refractivity contribution in [3.05, 3.63) is 54.4 Å². The molecule has 0 bridgehead atoms. The Hall–Kier alpha value is -2.33. The van der Waals surface area contributed by atoms with Gasteiger partial charge in [-0.05, 0) is 18.6 Å². The van der Waals surface area contributed by atoms with Gasteiger partial charge in [0.05, 0.1) is 5.69 Å². The Balaban J connectivity index is 1.73. The van der Waals surface area contributed by atoms with Gasteiger partial charge in [0.15, 0.2) is 0 Å². The molecule has 1 aromatic carbocycles. The van der Waals surface area contributed by atoms with Crippen LogP contribution in [0.2, 0.25) is 0 Å². The predicted molar refractivity (Wildman–Crippen MR) is 90.4 cm³/mol. The number of fused-ring (bicyclic) bond motifs is 1. The fourth-order valence-electron chi connectivity index (χ4n) is 3.08. The molecule has 1 aliphatic rings. The molecule has 22 heavy (non-hydrogen) atoms. The molecular weight excluding hydrogens is 272 g/mol. The molecule has 3 heterocycles. The van der Waals surface area contributed by atoms with E-state index in [-0.39, 0.29) is 0 Å². The quantitative estimate of drug-likeness (QED) is 0.788. The summed E-state index contributed by atoms with van der Waals surface area (Å²) in [5, 5.41) is 3.39. The number of nitrogens with zero attached hydrogens (tertiary/aromatic N) is 3. The smallest absolute Gasteiger partial charge is 0.139 e. The van der Waals surface area contributed by atoms with Crippen molar-refractivity contribution in [1.29, 1.82) is 0 Å². The zero-order chi connectivity index (χ0) is 14.9. The number of aromatic nitrogens is 2. The Morgan fingerprint density at radius 3 is 2.73 bits per heavy atom. The van der Waals surface area contributed by atoms with Crippen molar-refractivity contribution in [2.45, 2.75) is 6.92 Å². The summed E-state index contributed by atoms with van der Waals surface area (Å²) in [6, 6.07) is 12.8. The number of imidazole rings is 1. The van der Waals surface area contributed by atoms with E-state index in [1.807, 2.05) is 0 Å². The lowest BCUT2D eigenvalue weighted by Gasteiger charge is -2.29. The molecule has 2 aromatic heterocycles. The zero-order valence-electron chi connectivity index (χ0n) is 12.8. The van der Waals surface area contributed by atoms with Crippen molar-refractivity contribution < 1.29 is 0 Å². The minimum Gasteiger partial charge on any atom is -0.369 e. The van der Waals surface area contributed by atoms with Crippen molar-refractivity contribution in [2.75, 3.05) is 31.1 Å². The molecule has 1 fully saturated rings. The van der Waals surface area contributed by atoms with Crippen LogP contribution in [-0.4, -0.2) is 35.6 Å². The molecule has 0 amide bonds. The average molecular weight is 292 g/mol. The standard InChI is InChI=1S/C18H20N4/c1-14-4-2-3-5-16(14)17-13-22-9-6-15(12-18(22)20-17)21-10-7-19-8-11-21/h2-6,9,12-13,19H,7-8,10-11H2,1H3. The van der Waals surface area contributed by atoms with Gasteiger partial charge in [-0.1, -0.05) is 24.3 Å². The van der Waals surface area contributed by atoms with E-state index in [9.17, 15) is 0 Å². The van der Waals surface area contributed by atoms with E-state index in [0.717, 1.165) is 37.5 Å². The van der Waals surface area contributed by atoms with Crippen LogP contribution in [0.3, 0.4) is 0 Å². The van der Waals surface area contributed by atoms with Gasteiger partial charge in [-0.15, -0.1) is 0 Å². The largest absolute Gasteiger partial charge is 0.369 e. The molecule has 0 aliphatic carbocycles. The van der Waals surface area contributed by atoms with Crippen LogP contribution in [-0.2, 0) is 0 Å². The molecule has 0 unspecified atom stereocenters. The topological polar surface area (TPSA) is 32.6 Å². The molecule has 4 nitrogen and oxygen atoms in total. The van der Waals surface area contributed by atoms with Crippen LogP contribution >= 0.6 is 0 Å². The fraction of sp³-hybridized carbons (Fsp3) is 0.278. The van der Waals surface area contributed by atoms with E-state index >= 15 is 0 Å². The maximum Gasteiger partial charge on any atom is 0.139 e. The molecule has 0 spiro atoms. The van der Waals surface area contributed by atoms with Gasteiger partial charge in [-0.25, -0.2) is 4.98 Å². The number of rotatable bonds is 2. The SMILES string of the molecule is Cc1ccccc1-c1cn2ccc(N3CCNCC3)cc2n1. The average Bonchev–Trinajstić information content (AvgIpc) is 2.99. The number of hydrogen-bond donors (Lipinski definition) is 1. The highest BCUT2D eigenvalue weighted by Gasteiger charge is 2.12. The molecule has 0 saturated carbocycles. The Bertz CT molecular complexity index is 800. The molecule has 1 N–H and O–H groups in total. The third kappa shape index (κ3) is 2.35. The summed E-state index contributed by atoms with van der Waals surface area (Å²) in [6.07, 6.45) is 4.22. The molecule has 0 radical (unpaired) electrons. The van der Waals surface area contributed by atoms with Crippen LogP contribution < -0.4 is 10.2 Å². The second kappa shape index (κ2) is 5.46. The van der Waals surface area contributed by atoms with Gasteiger partial charge in [0.25, 0.3) is 0 Å². The lowest BCUT2D eigenvalue weighted by Crippen LogP contribution is -2.43. The van der Waals surface area contributed by atoms with Gasteiger partial charge in [0.2, 0.25) is 0 Å². The molecular formula is C18H20N4. The van der Waals surface area contributed by atoms with Gasteiger partial charge >= 0.3 is 0 Å². The van der Waals surface area contributed by atoms with E-state index in [2.05, 4.69) is 70.3 Å². The van der Waals surface area contributed by atoms with Crippen LogP contribution in [0.25, 0.3) is 16.9 Å². The van der Waals surface area contributed by atoms with Gasteiger partial charge in [-0.3, -0.25) is 0 Å². The first-order valence-corrected chi connectivity index (χ1v) is 7.82. The monoisotopic (exact) mass is 292 g/mol. The van der Waals surface area contributed by atoms with Crippen LogP contribution in [0.4, 0.5) is 5.69 Å². The minimum absolute atomic E-state index is 1.01. The maximum atomic E-state index is 4.82. The van der Waals surface area contributed by atoms with Crippen LogP contribution in [0.15, 0.2) is 48.8 Å². The molecule has 1 saturated heterocycles. The number of pyridine rings is 1. The third-order valence-corrected chi connectivity index (χ3v) is 4.35. The highest BCUT2D eigenvalue weighted by Crippen LogP contribution is 2.24. The van der Waals surface area contributed by atoms with Crippen molar-refractivity contribution in [3.63, 3.8) is 0 Å². The first-order chi connectivity index (χ1) is 10.8. The molecule has 3 aromatic rings. The summed E-state index contributed by atoms with van der Waals surface area (Å²) in [5.74, 6) is 0. The van der Waals surface area contributed by atoms with Crippen molar-refractivity contribution >= 4 is 11.3 Å². The number of hydrogen-bond acceptors (Lipinski definition) is 3. The Morgan fingerprint density at radius 2 is 1.91 bits per heavy atom. The first kappa shape index (κ1) is 13.3. The van der Waals surface area contributed by atoms with E-state index in [1.165, 1.54) is 16.8 Å². The summed E-state index contributed by atoms with van der Waals surface area (Å²) in [5.41, 5.74) is 5.77. The van der Waals surface area contributed by atoms with Gasteiger partial charge in [0, 0.05) is 55.9 Å². The molecule has 0 atom stereocenters. The van der Waals surface area contributed by atoms with Gasteiger partial charge < -0.3 is 14.6 Å². The molecule has 112 valence electrons. The summed E-state index contributed by atoms with van der Waals surface area (Å²) < 4.78 is 2.10. The van der Waals surface area contributed by atoms with Gasteiger partial charge in [-0.2, -0.15) is 0 Å². The van der Waals surface area contributed by atoms with Crippen molar-refractivity contribution in [2.24, 2.45) is 0 Å². The lowest BCUT2D eigenvalue weighted by atomic mass is 10.1. The third-order valence-electron chi connectivity index (χ3n) is 4.35. The van der Waals surface area contributed by atoms with Gasteiger partial charge in [0.1, 0.15) is 5.65 Å². The molecule has 4 heteroatoms. The predicted octanol–water partition coefficient (Wildman–Crippen LogP) is 2.72. The summed E-state index contributed by atoms with van der Waals surface area (Å²) in [4.78, 5) is 7.24. The summed E-state index contributed by atoms with van der Waals surface area (Å²) in [7, 11) is 0. The second-order valence-corrected chi connectivity index (χ2v) is 5.83. The van der Waals surface area contributed by atoms with Crippen LogP contribution in [0.1, 0.15) is 5.56 Å². The summed E-state index contributed by atoms with van der Waals surface area (Å²) in [6.45, 7) is 6.34. The Kier molecular flexibility index (Phi) is 3.31.